The largest absolute Gasteiger partial charge is 0.466 e. The van der Waals surface area contributed by atoms with Crippen molar-refractivity contribution in [2.45, 2.75) is 13.3 Å². The number of aldehydes is 1. The van der Waals surface area contributed by atoms with Gasteiger partial charge in [0.15, 0.2) is 6.29 Å². The predicted octanol–water partition coefficient (Wildman–Crippen LogP) is 2.18. The number of furan rings is 1. The third-order valence-corrected chi connectivity index (χ3v) is 1.66. The van der Waals surface area contributed by atoms with Crippen molar-refractivity contribution in [1.82, 2.24) is 0 Å². The van der Waals surface area contributed by atoms with Crippen LogP contribution in [0.1, 0.15) is 21.9 Å². The normalized spacial score (nSPS) is 10.0. The lowest BCUT2D eigenvalue weighted by molar-refractivity contribution is 0.112. The minimum atomic E-state index is 0.519. The van der Waals surface area contributed by atoms with Crippen molar-refractivity contribution < 1.29 is 9.21 Å². The molecule has 0 saturated heterocycles. The third kappa shape index (κ3) is 1.84. The molecular formula is C8H9ClO2. The molecule has 0 aromatic carbocycles. The Morgan fingerprint density at radius 2 is 2.45 bits per heavy atom. The zero-order chi connectivity index (χ0) is 8.27. The molecule has 0 amide bonds. The van der Waals surface area contributed by atoms with Gasteiger partial charge in [0.05, 0.1) is 5.56 Å². The molecule has 60 valence electrons. The van der Waals surface area contributed by atoms with E-state index in [1.165, 1.54) is 0 Å². The van der Waals surface area contributed by atoms with Crippen molar-refractivity contribution in [3.63, 3.8) is 0 Å². The molecule has 1 heterocycles. The van der Waals surface area contributed by atoms with Crippen LogP contribution in [0.25, 0.3) is 0 Å². The molecule has 0 aliphatic carbocycles. The van der Waals surface area contributed by atoms with E-state index < -0.39 is 0 Å². The molecule has 0 spiro atoms. The van der Waals surface area contributed by atoms with Crippen LogP contribution in [-0.2, 0) is 6.42 Å². The molecule has 0 radical (unpaired) electrons. The van der Waals surface area contributed by atoms with Crippen LogP contribution in [0.4, 0.5) is 0 Å². The molecule has 1 aromatic heterocycles. The zero-order valence-corrected chi connectivity index (χ0v) is 7.02. The summed E-state index contributed by atoms with van der Waals surface area (Å²) in [6.07, 6.45) is 1.47. The average Bonchev–Trinajstić information content (AvgIpc) is 2.32. The van der Waals surface area contributed by atoms with E-state index in [1.54, 1.807) is 13.0 Å². The van der Waals surface area contributed by atoms with E-state index in [0.717, 1.165) is 12.0 Å². The summed E-state index contributed by atoms with van der Waals surface area (Å²) < 4.78 is 5.23. The van der Waals surface area contributed by atoms with Gasteiger partial charge in [0, 0.05) is 12.3 Å². The highest BCUT2D eigenvalue weighted by Gasteiger charge is 2.04. The monoisotopic (exact) mass is 172 g/mol. The van der Waals surface area contributed by atoms with Crippen molar-refractivity contribution in [2.75, 3.05) is 5.88 Å². The number of rotatable bonds is 3. The summed E-state index contributed by atoms with van der Waals surface area (Å²) in [5.41, 5.74) is 0.616. The number of hydrogen-bond donors (Lipinski definition) is 0. The molecule has 0 aliphatic rings. The number of halogens is 1. The predicted molar refractivity (Wildman–Crippen MR) is 43.3 cm³/mol. The van der Waals surface area contributed by atoms with Gasteiger partial charge >= 0.3 is 0 Å². The van der Waals surface area contributed by atoms with Crippen LogP contribution in [0.5, 0.6) is 0 Å². The molecule has 0 aliphatic heterocycles. The fourth-order valence-electron chi connectivity index (χ4n) is 0.893. The maximum absolute atomic E-state index is 10.4. The first kappa shape index (κ1) is 8.34. The number of aryl methyl sites for hydroxylation is 2. The van der Waals surface area contributed by atoms with E-state index >= 15 is 0 Å². The van der Waals surface area contributed by atoms with E-state index in [1.807, 2.05) is 0 Å². The van der Waals surface area contributed by atoms with E-state index in [0.29, 0.717) is 23.6 Å². The maximum Gasteiger partial charge on any atom is 0.153 e. The van der Waals surface area contributed by atoms with Gasteiger partial charge in [-0.15, -0.1) is 11.6 Å². The zero-order valence-electron chi connectivity index (χ0n) is 6.26. The molecule has 0 fully saturated rings. The van der Waals surface area contributed by atoms with Crippen molar-refractivity contribution in [2.24, 2.45) is 0 Å². The van der Waals surface area contributed by atoms with Gasteiger partial charge in [0.25, 0.3) is 0 Å². The van der Waals surface area contributed by atoms with Gasteiger partial charge in [-0.05, 0) is 13.0 Å². The van der Waals surface area contributed by atoms with Gasteiger partial charge in [-0.25, -0.2) is 0 Å². The third-order valence-electron chi connectivity index (χ3n) is 1.48. The molecule has 2 nitrogen and oxygen atoms in total. The van der Waals surface area contributed by atoms with Crippen LogP contribution < -0.4 is 0 Å². The standard InChI is InChI=1S/C8H9ClO2/c1-6-7(5-10)4-8(11-6)2-3-9/h4-5H,2-3H2,1H3. The van der Waals surface area contributed by atoms with Gasteiger partial charge < -0.3 is 4.42 Å². The summed E-state index contributed by atoms with van der Waals surface area (Å²) in [6.45, 7) is 1.77. The Kier molecular flexibility index (Phi) is 2.71. The van der Waals surface area contributed by atoms with Crippen LogP contribution in [0.3, 0.4) is 0 Å². The summed E-state index contributed by atoms with van der Waals surface area (Å²) in [5, 5.41) is 0. The van der Waals surface area contributed by atoms with Crippen LogP contribution in [-0.4, -0.2) is 12.2 Å². The minimum absolute atomic E-state index is 0.519. The Labute approximate surface area is 70.2 Å². The Morgan fingerprint density at radius 3 is 2.91 bits per heavy atom. The topological polar surface area (TPSA) is 30.2 Å². The minimum Gasteiger partial charge on any atom is -0.466 e. The van der Waals surface area contributed by atoms with Crippen LogP contribution in [0.15, 0.2) is 10.5 Å². The van der Waals surface area contributed by atoms with Crippen molar-refractivity contribution in [1.29, 1.82) is 0 Å². The summed E-state index contributed by atoms with van der Waals surface area (Å²) >= 11 is 5.49. The molecule has 1 aromatic rings. The van der Waals surface area contributed by atoms with Crippen LogP contribution in [0, 0.1) is 6.92 Å². The Hall–Kier alpha value is -0.760. The second-order valence-electron chi connectivity index (χ2n) is 2.28. The number of carbonyl (C=O) groups is 1. The summed E-state index contributed by atoms with van der Waals surface area (Å²) in [4.78, 5) is 10.4. The Bertz CT molecular complexity index is 253. The second kappa shape index (κ2) is 3.58. The second-order valence-corrected chi connectivity index (χ2v) is 2.66. The Morgan fingerprint density at radius 1 is 1.73 bits per heavy atom. The van der Waals surface area contributed by atoms with Crippen LogP contribution in [0.2, 0.25) is 0 Å². The lowest BCUT2D eigenvalue weighted by Crippen LogP contribution is -1.80. The molecule has 3 heteroatoms. The molecular weight excluding hydrogens is 164 g/mol. The summed E-state index contributed by atoms with van der Waals surface area (Å²) in [6, 6.07) is 1.73. The van der Waals surface area contributed by atoms with Gasteiger partial charge in [0.2, 0.25) is 0 Å². The highest BCUT2D eigenvalue weighted by molar-refractivity contribution is 6.17. The van der Waals surface area contributed by atoms with E-state index in [9.17, 15) is 4.79 Å². The van der Waals surface area contributed by atoms with Crippen LogP contribution >= 0.6 is 11.6 Å². The SMILES string of the molecule is Cc1oc(CCCl)cc1C=O. The maximum atomic E-state index is 10.4. The van der Waals surface area contributed by atoms with Crippen molar-refractivity contribution in [3.05, 3.63) is 23.2 Å². The first-order chi connectivity index (χ1) is 5.27. The summed E-state index contributed by atoms with van der Waals surface area (Å²) in [5.74, 6) is 1.96. The van der Waals surface area contributed by atoms with Gasteiger partial charge in [-0.1, -0.05) is 0 Å². The molecule has 0 N–H and O–H groups in total. The Balaban J connectivity index is 2.86. The molecule has 0 atom stereocenters. The quantitative estimate of drug-likeness (QED) is 0.517. The molecule has 1 rings (SSSR count). The number of hydrogen-bond acceptors (Lipinski definition) is 2. The number of carbonyl (C=O) groups excluding carboxylic acids is 1. The fraction of sp³-hybridized carbons (Fsp3) is 0.375. The smallest absolute Gasteiger partial charge is 0.153 e. The first-order valence-corrected chi connectivity index (χ1v) is 3.92. The molecule has 0 unspecified atom stereocenters. The lowest BCUT2D eigenvalue weighted by Gasteiger charge is -1.86. The number of alkyl halides is 1. The highest BCUT2D eigenvalue weighted by Crippen LogP contribution is 2.13. The fourth-order valence-corrected chi connectivity index (χ4v) is 1.08. The van der Waals surface area contributed by atoms with Gasteiger partial charge in [-0.2, -0.15) is 0 Å². The van der Waals surface area contributed by atoms with Gasteiger partial charge in [0.1, 0.15) is 11.5 Å². The summed E-state index contributed by atoms with van der Waals surface area (Å²) in [7, 11) is 0. The molecule has 0 saturated carbocycles. The average molecular weight is 173 g/mol. The lowest BCUT2D eigenvalue weighted by atomic mass is 10.2. The van der Waals surface area contributed by atoms with E-state index in [4.69, 9.17) is 16.0 Å². The molecule has 11 heavy (non-hydrogen) atoms. The van der Waals surface area contributed by atoms with E-state index in [-0.39, 0.29) is 0 Å². The van der Waals surface area contributed by atoms with E-state index in [2.05, 4.69) is 0 Å². The van der Waals surface area contributed by atoms with Crippen molar-refractivity contribution >= 4 is 17.9 Å². The van der Waals surface area contributed by atoms with Crippen molar-refractivity contribution in [3.8, 4) is 0 Å². The van der Waals surface area contributed by atoms with Gasteiger partial charge in [-0.3, -0.25) is 4.79 Å². The molecule has 0 bridgehead atoms. The highest BCUT2D eigenvalue weighted by atomic mass is 35.5. The first-order valence-electron chi connectivity index (χ1n) is 3.38.